The summed E-state index contributed by atoms with van der Waals surface area (Å²) in [5.74, 6) is 0.910. The maximum absolute atomic E-state index is 7.00. The second-order valence-electron chi connectivity index (χ2n) is 3.60. The average molecular weight is 186 g/mol. The van der Waals surface area contributed by atoms with Crippen molar-refractivity contribution in [3.05, 3.63) is 0 Å². The van der Waals surface area contributed by atoms with Crippen LogP contribution in [0.1, 0.15) is 39.5 Å². The van der Waals surface area contributed by atoms with Crippen molar-refractivity contribution < 1.29 is 4.74 Å². The van der Waals surface area contributed by atoms with Crippen LogP contribution in [0.5, 0.6) is 0 Å². The molecule has 3 heteroatoms. The first-order chi connectivity index (χ1) is 6.16. The van der Waals surface area contributed by atoms with Gasteiger partial charge in [0.2, 0.25) is 0 Å². The number of hydrogen-bond donors (Lipinski definition) is 2. The van der Waals surface area contributed by atoms with E-state index in [9.17, 15) is 0 Å². The largest absolute Gasteiger partial charge is 0.388 e. The first-order valence-corrected chi connectivity index (χ1v) is 5.07. The highest BCUT2D eigenvalue weighted by Crippen LogP contribution is 2.05. The second-order valence-corrected chi connectivity index (χ2v) is 3.60. The molecule has 0 saturated carbocycles. The fraction of sp³-hybridized carbons (Fsp3) is 0.900. The van der Waals surface area contributed by atoms with Crippen molar-refractivity contribution in [3.63, 3.8) is 0 Å². The number of ether oxygens (including phenoxy) is 1. The quantitative estimate of drug-likeness (QED) is 0.346. The monoisotopic (exact) mass is 186 g/mol. The Kier molecular flexibility index (Phi) is 7.69. The van der Waals surface area contributed by atoms with Gasteiger partial charge >= 0.3 is 0 Å². The van der Waals surface area contributed by atoms with Crippen molar-refractivity contribution in [2.75, 3.05) is 13.2 Å². The number of nitrogens with one attached hydrogen (secondary N) is 1. The lowest BCUT2D eigenvalue weighted by molar-refractivity contribution is 0.101. The first kappa shape index (κ1) is 12.4. The zero-order chi connectivity index (χ0) is 10.1. The van der Waals surface area contributed by atoms with E-state index >= 15 is 0 Å². The molecule has 0 spiro atoms. The lowest BCUT2D eigenvalue weighted by Crippen LogP contribution is -2.11. The van der Waals surface area contributed by atoms with Gasteiger partial charge in [-0.05, 0) is 18.8 Å². The fourth-order valence-electron chi connectivity index (χ4n) is 1.23. The summed E-state index contributed by atoms with van der Waals surface area (Å²) in [4.78, 5) is 0. The predicted molar refractivity (Wildman–Crippen MR) is 56.0 cm³/mol. The lowest BCUT2D eigenvalue weighted by atomic mass is 10.1. The second kappa shape index (κ2) is 8.05. The molecule has 0 radical (unpaired) electrons. The van der Waals surface area contributed by atoms with E-state index in [1.807, 2.05) is 0 Å². The van der Waals surface area contributed by atoms with Crippen molar-refractivity contribution in [3.8, 4) is 0 Å². The Labute approximate surface area is 81.2 Å². The molecule has 3 N–H and O–H groups in total. The molecule has 0 aromatic carbocycles. The molecule has 78 valence electrons. The zero-order valence-electron chi connectivity index (χ0n) is 8.81. The lowest BCUT2D eigenvalue weighted by Gasteiger charge is -2.10. The Morgan fingerprint density at radius 3 is 2.77 bits per heavy atom. The molecule has 0 aromatic rings. The molecule has 1 atom stereocenters. The third-order valence-corrected chi connectivity index (χ3v) is 1.92. The molecule has 0 rings (SSSR count). The average Bonchev–Trinajstić information content (AvgIpc) is 2.03. The summed E-state index contributed by atoms with van der Waals surface area (Å²) in [7, 11) is 0. The molecule has 0 aromatic heterocycles. The maximum Gasteiger partial charge on any atom is 0.0906 e. The summed E-state index contributed by atoms with van der Waals surface area (Å²) in [5.41, 5.74) is 5.21. The van der Waals surface area contributed by atoms with Crippen molar-refractivity contribution in [1.29, 1.82) is 5.41 Å². The topological polar surface area (TPSA) is 59.1 Å². The molecule has 0 bridgehead atoms. The van der Waals surface area contributed by atoms with E-state index in [1.54, 1.807) is 0 Å². The Morgan fingerprint density at radius 1 is 1.54 bits per heavy atom. The normalized spacial score (nSPS) is 12.8. The van der Waals surface area contributed by atoms with Gasteiger partial charge < -0.3 is 10.5 Å². The van der Waals surface area contributed by atoms with Gasteiger partial charge in [-0.15, -0.1) is 0 Å². The van der Waals surface area contributed by atoms with Crippen molar-refractivity contribution in [2.45, 2.75) is 39.5 Å². The van der Waals surface area contributed by atoms with E-state index in [4.69, 9.17) is 15.9 Å². The first-order valence-electron chi connectivity index (χ1n) is 5.07. The minimum Gasteiger partial charge on any atom is -0.388 e. The third-order valence-electron chi connectivity index (χ3n) is 1.92. The van der Waals surface area contributed by atoms with E-state index < -0.39 is 0 Å². The van der Waals surface area contributed by atoms with Crippen LogP contribution < -0.4 is 5.73 Å². The van der Waals surface area contributed by atoms with Crippen LogP contribution in [0.25, 0.3) is 0 Å². The van der Waals surface area contributed by atoms with Gasteiger partial charge in [-0.2, -0.15) is 0 Å². The highest BCUT2D eigenvalue weighted by molar-refractivity contribution is 5.76. The molecule has 0 saturated heterocycles. The van der Waals surface area contributed by atoms with Gasteiger partial charge in [-0.1, -0.05) is 20.3 Å². The maximum atomic E-state index is 7.00. The van der Waals surface area contributed by atoms with Gasteiger partial charge in [0, 0.05) is 19.6 Å². The van der Waals surface area contributed by atoms with Crippen LogP contribution in [-0.4, -0.2) is 19.0 Å². The summed E-state index contributed by atoms with van der Waals surface area (Å²) in [6.07, 6.45) is 3.97. The van der Waals surface area contributed by atoms with Gasteiger partial charge in [0.1, 0.15) is 0 Å². The molecule has 0 aliphatic carbocycles. The highest BCUT2D eigenvalue weighted by Gasteiger charge is 1.99. The third kappa shape index (κ3) is 9.34. The SMILES string of the molecule is CCCC(C)COCCCC(=N)N. The molecular formula is C10H22N2O. The van der Waals surface area contributed by atoms with Gasteiger partial charge in [0.15, 0.2) is 0 Å². The predicted octanol–water partition coefficient (Wildman–Crippen LogP) is 2.16. The van der Waals surface area contributed by atoms with E-state index in [0.717, 1.165) is 19.6 Å². The number of hydrogen-bond acceptors (Lipinski definition) is 2. The van der Waals surface area contributed by atoms with Crippen LogP contribution in [0.15, 0.2) is 0 Å². The van der Waals surface area contributed by atoms with Gasteiger partial charge in [0.05, 0.1) is 5.84 Å². The minimum atomic E-state index is 0.255. The Morgan fingerprint density at radius 2 is 2.23 bits per heavy atom. The van der Waals surface area contributed by atoms with Gasteiger partial charge in [0.25, 0.3) is 0 Å². The molecular weight excluding hydrogens is 164 g/mol. The molecule has 0 heterocycles. The summed E-state index contributed by atoms with van der Waals surface area (Å²) in [6.45, 7) is 5.96. The van der Waals surface area contributed by atoms with E-state index in [-0.39, 0.29) is 5.84 Å². The summed E-state index contributed by atoms with van der Waals surface area (Å²) in [5, 5.41) is 7.00. The smallest absolute Gasteiger partial charge is 0.0906 e. The van der Waals surface area contributed by atoms with Gasteiger partial charge in [-0.3, -0.25) is 5.41 Å². The van der Waals surface area contributed by atoms with Crippen LogP contribution in [0.3, 0.4) is 0 Å². The Balaban J connectivity index is 3.11. The van der Waals surface area contributed by atoms with Crippen LogP contribution in [-0.2, 0) is 4.74 Å². The standard InChI is InChI=1S/C10H22N2O/c1-3-5-9(2)8-13-7-4-6-10(11)12/h9H,3-8H2,1-2H3,(H3,11,12). The summed E-state index contributed by atoms with van der Waals surface area (Å²) >= 11 is 0. The highest BCUT2D eigenvalue weighted by atomic mass is 16.5. The van der Waals surface area contributed by atoms with E-state index in [1.165, 1.54) is 12.8 Å². The molecule has 1 unspecified atom stereocenters. The molecule has 13 heavy (non-hydrogen) atoms. The number of nitrogens with two attached hydrogens (primary N) is 1. The Hall–Kier alpha value is -0.570. The molecule has 0 amide bonds. The molecule has 0 aliphatic heterocycles. The number of rotatable bonds is 8. The fourth-order valence-corrected chi connectivity index (χ4v) is 1.23. The van der Waals surface area contributed by atoms with Crippen LogP contribution >= 0.6 is 0 Å². The van der Waals surface area contributed by atoms with E-state index in [2.05, 4.69) is 13.8 Å². The van der Waals surface area contributed by atoms with E-state index in [0.29, 0.717) is 12.3 Å². The van der Waals surface area contributed by atoms with Crippen LogP contribution in [0.2, 0.25) is 0 Å². The molecule has 3 nitrogen and oxygen atoms in total. The van der Waals surface area contributed by atoms with Crippen LogP contribution in [0, 0.1) is 11.3 Å². The number of amidine groups is 1. The zero-order valence-corrected chi connectivity index (χ0v) is 8.81. The van der Waals surface area contributed by atoms with Gasteiger partial charge in [-0.25, -0.2) is 0 Å². The summed E-state index contributed by atoms with van der Waals surface area (Å²) < 4.78 is 5.45. The summed E-state index contributed by atoms with van der Waals surface area (Å²) in [6, 6.07) is 0. The van der Waals surface area contributed by atoms with Crippen LogP contribution in [0.4, 0.5) is 0 Å². The van der Waals surface area contributed by atoms with Crippen molar-refractivity contribution in [1.82, 2.24) is 0 Å². The minimum absolute atomic E-state index is 0.255. The molecule has 0 fully saturated rings. The molecule has 0 aliphatic rings. The Bertz CT molecular complexity index is 137. The van der Waals surface area contributed by atoms with Crippen molar-refractivity contribution >= 4 is 5.84 Å². The van der Waals surface area contributed by atoms with Crippen molar-refractivity contribution in [2.24, 2.45) is 11.7 Å².